The summed E-state index contributed by atoms with van der Waals surface area (Å²) in [4.78, 5) is 29.7. The van der Waals surface area contributed by atoms with Gasteiger partial charge in [0.05, 0.1) is 5.52 Å². The molecule has 2 aromatic heterocycles. The molecule has 3 aromatic rings. The van der Waals surface area contributed by atoms with E-state index in [1.165, 1.54) is 11.3 Å². The first-order chi connectivity index (χ1) is 10.1. The van der Waals surface area contributed by atoms with E-state index in [4.69, 9.17) is 5.11 Å². The Balaban J connectivity index is 1.91. The number of hydrogen-bond donors (Lipinski definition) is 2. The number of aryl methyl sites for hydroxylation is 1. The molecular weight excluding hydrogens is 288 g/mol. The van der Waals surface area contributed by atoms with Crippen LogP contribution in [0.2, 0.25) is 0 Å². The molecule has 0 radical (unpaired) electrons. The van der Waals surface area contributed by atoms with Crippen molar-refractivity contribution < 1.29 is 9.90 Å². The SMILES string of the molecule is O=C(O)CCc1ccc(-c2nc3ccsc3c(=O)[nH]2)cc1. The average Bonchev–Trinajstić information content (AvgIpc) is 2.94. The lowest BCUT2D eigenvalue weighted by atomic mass is 10.1. The standard InChI is InChI=1S/C15H12N2O3S/c18-12(19)6-3-9-1-4-10(5-2-9)14-16-11-7-8-21-13(11)15(20)17-14/h1-2,4-5,7-8H,3,6H2,(H,18,19)(H,16,17,20). The Morgan fingerprint density at radius 2 is 2.00 bits per heavy atom. The van der Waals surface area contributed by atoms with E-state index in [0.717, 1.165) is 11.1 Å². The first-order valence-corrected chi connectivity index (χ1v) is 7.30. The Morgan fingerprint density at radius 3 is 2.71 bits per heavy atom. The lowest BCUT2D eigenvalue weighted by molar-refractivity contribution is -0.136. The van der Waals surface area contributed by atoms with Gasteiger partial charge in [0, 0.05) is 12.0 Å². The van der Waals surface area contributed by atoms with Gasteiger partial charge in [-0.2, -0.15) is 0 Å². The number of rotatable bonds is 4. The van der Waals surface area contributed by atoms with Crippen molar-refractivity contribution >= 4 is 27.5 Å². The van der Waals surface area contributed by atoms with Crippen molar-refractivity contribution in [1.82, 2.24) is 9.97 Å². The lowest BCUT2D eigenvalue weighted by Crippen LogP contribution is -2.07. The molecule has 0 fully saturated rings. The van der Waals surface area contributed by atoms with Crippen LogP contribution >= 0.6 is 11.3 Å². The van der Waals surface area contributed by atoms with E-state index in [1.54, 1.807) is 0 Å². The van der Waals surface area contributed by atoms with Crippen molar-refractivity contribution in [2.75, 3.05) is 0 Å². The topological polar surface area (TPSA) is 83.0 Å². The number of fused-ring (bicyclic) bond motifs is 1. The van der Waals surface area contributed by atoms with Gasteiger partial charge in [-0.3, -0.25) is 9.59 Å². The molecule has 5 nitrogen and oxygen atoms in total. The fourth-order valence-corrected chi connectivity index (χ4v) is 2.82. The summed E-state index contributed by atoms with van der Waals surface area (Å²) in [5.41, 5.74) is 2.30. The second-order valence-corrected chi connectivity index (χ2v) is 5.56. The van der Waals surface area contributed by atoms with Crippen LogP contribution in [0.25, 0.3) is 21.6 Å². The van der Waals surface area contributed by atoms with Gasteiger partial charge in [-0.25, -0.2) is 4.98 Å². The smallest absolute Gasteiger partial charge is 0.303 e. The Kier molecular flexibility index (Phi) is 3.53. The number of benzene rings is 1. The molecule has 106 valence electrons. The van der Waals surface area contributed by atoms with E-state index in [2.05, 4.69) is 9.97 Å². The summed E-state index contributed by atoms with van der Waals surface area (Å²) in [5.74, 6) is -0.288. The number of aromatic nitrogens is 2. The average molecular weight is 300 g/mol. The summed E-state index contributed by atoms with van der Waals surface area (Å²) >= 11 is 1.37. The van der Waals surface area contributed by atoms with Gasteiger partial charge in [0.1, 0.15) is 10.5 Å². The van der Waals surface area contributed by atoms with Crippen LogP contribution in [0.1, 0.15) is 12.0 Å². The highest BCUT2D eigenvalue weighted by molar-refractivity contribution is 7.17. The third-order valence-corrected chi connectivity index (χ3v) is 4.07. The molecule has 2 N–H and O–H groups in total. The van der Waals surface area contributed by atoms with Crippen LogP contribution in [0.3, 0.4) is 0 Å². The zero-order valence-corrected chi connectivity index (χ0v) is 11.8. The van der Waals surface area contributed by atoms with Gasteiger partial charge in [0.15, 0.2) is 0 Å². The number of nitrogens with one attached hydrogen (secondary N) is 1. The first-order valence-electron chi connectivity index (χ1n) is 6.42. The quantitative estimate of drug-likeness (QED) is 0.776. The molecule has 21 heavy (non-hydrogen) atoms. The zero-order chi connectivity index (χ0) is 14.8. The molecule has 0 aliphatic heterocycles. The normalized spacial score (nSPS) is 10.9. The second kappa shape index (κ2) is 5.49. The lowest BCUT2D eigenvalue weighted by Gasteiger charge is -2.03. The Morgan fingerprint density at radius 1 is 1.24 bits per heavy atom. The predicted molar refractivity (Wildman–Crippen MR) is 81.6 cm³/mol. The highest BCUT2D eigenvalue weighted by Crippen LogP contribution is 2.20. The number of nitrogens with zero attached hydrogens (tertiary/aromatic N) is 1. The van der Waals surface area contributed by atoms with Crippen LogP contribution in [-0.4, -0.2) is 21.0 Å². The molecule has 0 aliphatic rings. The minimum atomic E-state index is -0.812. The van der Waals surface area contributed by atoms with Crippen LogP contribution in [0.4, 0.5) is 0 Å². The molecule has 3 rings (SSSR count). The van der Waals surface area contributed by atoms with Gasteiger partial charge in [0.2, 0.25) is 0 Å². The van der Waals surface area contributed by atoms with Crippen LogP contribution in [0.5, 0.6) is 0 Å². The van der Waals surface area contributed by atoms with Gasteiger partial charge >= 0.3 is 5.97 Å². The van der Waals surface area contributed by atoms with E-state index < -0.39 is 5.97 Å². The van der Waals surface area contributed by atoms with E-state index in [0.29, 0.717) is 22.5 Å². The van der Waals surface area contributed by atoms with E-state index in [9.17, 15) is 9.59 Å². The van der Waals surface area contributed by atoms with Gasteiger partial charge in [-0.15, -0.1) is 11.3 Å². The molecule has 0 unspecified atom stereocenters. The van der Waals surface area contributed by atoms with Crippen LogP contribution in [-0.2, 0) is 11.2 Å². The molecule has 0 bridgehead atoms. The van der Waals surface area contributed by atoms with Gasteiger partial charge < -0.3 is 10.1 Å². The molecule has 0 aliphatic carbocycles. The molecular formula is C15H12N2O3S. The highest BCUT2D eigenvalue weighted by atomic mass is 32.1. The van der Waals surface area contributed by atoms with Gasteiger partial charge in [-0.05, 0) is 23.4 Å². The predicted octanol–water partition coefficient (Wildman–Crippen LogP) is 2.67. The van der Waals surface area contributed by atoms with E-state index >= 15 is 0 Å². The number of carboxylic acids is 1. The largest absolute Gasteiger partial charge is 0.481 e. The van der Waals surface area contributed by atoms with Gasteiger partial charge in [-0.1, -0.05) is 24.3 Å². The number of aliphatic carboxylic acids is 1. The van der Waals surface area contributed by atoms with Gasteiger partial charge in [0.25, 0.3) is 5.56 Å². The molecule has 0 amide bonds. The van der Waals surface area contributed by atoms with Crippen molar-refractivity contribution in [2.24, 2.45) is 0 Å². The third-order valence-electron chi connectivity index (χ3n) is 3.17. The minimum Gasteiger partial charge on any atom is -0.481 e. The number of thiophene rings is 1. The summed E-state index contributed by atoms with van der Waals surface area (Å²) in [6.45, 7) is 0. The zero-order valence-electron chi connectivity index (χ0n) is 11.0. The monoisotopic (exact) mass is 300 g/mol. The maximum absolute atomic E-state index is 11.9. The van der Waals surface area contributed by atoms with Crippen molar-refractivity contribution in [3.05, 3.63) is 51.6 Å². The van der Waals surface area contributed by atoms with Crippen molar-refractivity contribution in [2.45, 2.75) is 12.8 Å². The summed E-state index contributed by atoms with van der Waals surface area (Å²) < 4.78 is 0.622. The Bertz CT molecular complexity index is 849. The van der Waals surface area contributed by atoms with Crippen molar-refractivity contribution in [1.29, 1.82) is 0 Å². The molecule has 0 spiro atoms. The first kappa shape index (κ1) is 13.5. The summed E-state index contributed by atoms with van der Waals surface area (Å²) in [5, 5.41) is 10.5. The number of carboxylic acid groups (broad SMARTS) is 1. The second-order valence-electron chi connectivity index (χ2n) is 4.64. The summed E-state index contributed by atoms with van der Waals surface area (Å²) in [6.07, 6.45) is 0.596. The van der Waals surface area contributed by atoms with E-state index in [1.807, 2.05) is 35.7 Å². The fraction of sp³-hybridized carbons (Fsp3) is 0.133. The fourth-order valence-electron chi connectivity index (χ4n) is 2.09. The summed E-state index contributed by atoms with van der Waals surface area (Å²) in [7, 11) is 0. The third kappa shape index (κ3) is 2.85. The van der Waals surface area contributed by atoms with Crippen LogP contribution in [0.15, 0.2) is 40.5 Å². The van der Waals surface area contributed by atoms with Crippen LogP contribution in [0, 0.1) is 0 Å². The molecule has 0 saturated heterocycles. The van der Waals surface area contributed by atoms with Crippen molar-refractivity contribution in [3.8, 4) is 11.4 Å². The number of aromatic amines is 1. The highest BCUT2D eigenvalue weighted by Gasteiger charge is 2.07. The number of H-pyrrole nitrogens is 1. The molecule has 0 atom stereocenters. The Labute approximate surface area is 123 Å². The molecule has 2 heterocycles. The Hall–Kier alpha value is -2.47. The summed E-state index contributed by atoms with van der Waals surface area (Å²) in [6, 6.07) is 9.22. The molecule has 6 heteroatoms. The maximum Gasteiger partial charge on any atom is 0.303 e. The van der Waals surface area contributed by atoms with Crippen molar-refractivity contribution in [3.63, 3.8) is 0 Å². The maximum atomic E-state index is 11.9. The number of carbonyl (C=O) groups is 1. The molecule has 0 saturated carbocycles. The number of hydrogen-bond acceptors (Lipinski definition) is 4. The molecule has 1 aromatic carbocycles. The van der Waals surface area contributed by atoms with Crippen LogP contribution < -0.4 is 5.56 Å². The minimum absolute atomic E-state index is 0.106. The van der Waals surface area contributed by atoms with E-state index in [-0.39, 0.29) is 12.0 Å².